The number of aldehydes is 1. The molecule has 15 heteroatoms. The van der Waals surface area contributed by atoms with Gasteiger partial charge in [-0.3, -0.25) is 14.8 Å². The average molecular weight is 879 g/mol. The van der Waals surface area contributed by atoms with E-state index >= 15 is 0 Å². The summed E-state index contributed by atoms with van der Waals surface area (Å²) in [7, 11) is 0. The summed E-state index contributed by atoms with van der Waals surface area (Å²) >= 11 is 35.2. The average Bonchev–Trinajstić information content (AvgIpc) is 3.21. The number of carbonyl (C=O) groups is 1. The standard InChI is InChI=1S/C21H14Cl3N3O.C9H7NO.C7H4Cl2O.C5H5ClN2/c22-13-4-7-15(17(24)10-13)20(27-18-8-5-14(23)11-26-18)16-6-3-12-2-1-9-25-19(12)21(16)28;11-8-5-1-3-7-4-2-6-10-9(7)8;8-6-2-1-5(4-10)7(9)3-6;6-4-1-2-5(7)8-3-4/h1-11,20,28H,(H,26,27);1-6,11H;1-4H;1-3H,(H2,7,8). The minimum absolute atomic E-state index is 0.0792. The molecule has 0 aliphatic carbocycles. The minimum atomic E-state index is -0.482. The molecule has 8 rings (SSSR count). The van der Waals surface area contributed by atoms with Crippen molar-refractivity contribution in [3.63, 3.8) is 0 Å². The van der Waals surface area contributed by atoms with E-state index in [-0.39, 0.29) is 11.5 Å². The highest BCUT2D eigenvalue weighted by molar-refractivity contribution is 6.36. The second-order valence-corrected chi connectivity index (χ2v) is 14.3. The summed E-state index contributed by atoms with van der Waals surface area (Å²) in [6.07, 6.45) is 7.06. The van der Waals surface area contributed by atoms with Crippen LogP contribution in [0.15, 0.2) is 140 Å². The summed E-state index contributed by atoms with van der Waals surface area (Å²) in [5, 5.41) is 28.4. The molecule has 0 amide bonds. The van der Waals surface area contributed by atoms with E-state index in [0.717, 1.165) is 16.3 Å². The summed E-state index contributed by atoms with van der Waals surface area (Å²) in [6, 6.07) is 32.9. The van der Waals surface area contributed by atoms with E-state index in [4.69, 9.17) is 75.3 Å². The maximum Gasteiger partial charge on any atom is 0.151 e. The fourth-order valence-corrected chi connectivity index (χ4v) is 6.31. The highest BCUT2D eigenvalue weighted by Gasteiger charge is 2.23. The number of hydrogen-bond acceptors (Lipinski definition) is 9. The SMILES string of the molecule is Nc1ccc(Cl)cn1.O=Cc1ccc(Cl)cc1Cl.Oc1c(C(Nc2ccc(Cl)cn2)c2ccc(Cl)cc2Cl)ccc2cccnc12.Oc1cccc2cccnc12. The molecule has 0 aliphatic rings. The van der Waals surface area contributed by atoms with Crippen molar-refractivity contribution in [2.45, 2.75) is 6.04 Å². The number of halogens is 6. The third kappa shape index (κ3) is 12.1. The van der Waals surface area contributed by atoms with Gasteiger partial charge < -0.3 is 21.3 Å². The lowest BCUT2D eigenvalue weighted by atomic mass is 9.96. The van der Waals surface area contributed by atoms with Crippen molar-refractivity contribution >= 4 is 109 Å². The molecular formula is C42H30Cl6N6O3. The van der Waals surface area contributed by atoms with Gasteiger partial charge in [0.25, 0.3) is 0 Å². The molecule has 4 aromatic heterocycles. The van der Waals surface area contributed by atoms with Gasteiger partial charge in [0.15, 0.2) is 6.29 Å². The van der Waals surface area contributed by atoms with Crippen LogP contribution in [0.1, 0.15) is 27.5 Å². The fourth-order valence-electron chi connectivity index (χ4n) is 5.12. The van der Waals surface area contributed by atoms with Gasteiger partial charge in [-0.25, -0.2) is 9.97 Å². The zero-order valence-electron chi connectivity index (χ0n) is 29.4. The number of nitrogen functional groups attached to an aromatic ring is 1. The number of benzene rings is 4. The molecule has 1 atom stereocenters. The molecule has 57 heavy (non-hydrogen) atoms. The molecule has 0 saturated heterocycles. The third-order valence-electron chi connectivity index (χ3n) is 7.83. The van der Waals surface area contributed by atoms with Crippen molar-refractivity contribution in [2.75, 3.05) is 11.1 Å². The summed E-state index contributed by atoms with van der Waals surface area (Å²) in [5.74, 6) is 1.40. The van der Waals surface area contributed by atoms with Crippen molar-refractivity contribution in [3.8, 4) is 11.5 Å². The lowest BCUT2D eigenvalue weighted by molar-refractivity contribution is 0.112. The molecule has 0 fully saturated rings. The van der Waals surface area contributed by atoms with Crippen LogP contribution in [0.3, 0.4) is 0 Å². The maximum atomic E-state index is 10.9. The number of fused-ring (bicyclic) bond motifs is 2. The summed E-state index contributed by atoms with van der Waals surface area (Å²) in [5.41, 5.74) is 8.26. The van der Waals surface area contributed by atoms with E-state index in [2.05, 4.69) is 25.3 Å². The number of aromatic hydroxyl groups is 2. The Morgan fingerprint density at radius 3 is 1.74 bits per heavy atom. The van der Waals surface area contributed by atoms with Gasteiger partial charge >= 0.3 is 0 Å². The van der Waals surface area contributed by atoms with Crippen LogP contribution < -0.4 is 11.1 Å². The van der Waals surface area contributed by atoms with Gasteiger partial charge in [0.1, 0.15) is 34.2 Å². The topological polar surface area (TPSA) is 147 Å². The number of nitrogens with one attached hydrogen (secondary N) is 1. The number of pyridine rings is 4. The maximum absolute atomic E-state index is 10.9. The van der Waals surface area contributed by atoms with E-state index in [0.29, 0.717) is 70.2 Å². The third-order valence-corrected chi connectivity index (χ3v) is 9.41. The summed E-state index contributed by atoms with van der Waals surface area (Å²) < 4.78 is 0. The zero-order valence-corrected chi connectivity index (χ0v) is 33.9. The highest BCUT2D eigenvalue weighted by Crippen LogP contribution is 2.39. The lowest BCUT2D eigenvalue weighted by Crippen LogP contribution is -2.14. The van der Waals surface area contributed by atoms with Gasteiger partial charge in [-0.05, 0) is 78.4 Å². The number of rotatable bonds is 5. The quantitative estimate of drug-likeness (QED) is 0.124. The van der Waals surface area contributed by atoms with Gasteiger partial charge in [-0.1, -0.05) is 112 Å². The summed E-state index contributed by atoms with van der Waals surface area (Å²) in [4.78, 5) is 26.6. The first-order chi connectivity index (χ1) is 27.4. The second-order valence-electron chi connectivity index (χ2n) is 11.7. The molecule has 0 bridgehead atoms. The number of para-hydroxylation sites is 1. The number of phenols is 2. The Kier molecular flexibility index (Phi) is 15.5. The first kappa shape index (κ1) is 42.7. The largest absolute Gasteiger partial charge is 0.506 e. The summed E-state index contributed by atoms with van der Waals surface area (Å²) in [6.45, 7) is 0. The Hall–Kier alpha value is -5.39. The Morgan fingerprint density at radius 1 is 0.579 bits per heavy atom. The fraction of sp³-hybridized carbons (Fsp3) is 0.0238. The van der Waals surface area contributed by atoms with Crippen LogP contribution in [0, 0.1) is 0 Å². The van der Waals surface area contributed by atoms with Crippen LogP contribution in [-0.2, 0) is 0 Å². The minimum Gasteiger partial charge on any atom is -0.506 e. The molecule has 0 saturated carbocycles. The highest BCUT2D eigenvalue weighted by atomic mass is 35.5. The van der Waals surface area contributed by atoms with Crippen LogP contribution in [0.5, 0.6) is 11.5 Å². The van der Waals surface area contributed by atoms with Gasteiger partial charge in [0.2, 0.25) is 0 Å². The first-order valence-electron chi connectivity index (χ1n) is 16.6. The van der Waals surface area contributed by atoms with Gasteiger partial charge in [0.05, 0.1) is 21.1 Å². The van der Waals surface area contributed by atoms with Gasteiger partial charge in [-0.15, -0.1) is 0 Å². The van der Waals surface area contributed by atoms with E-state index in [1.807, 2.05) is 48.5 Å². The molecule has 0 aliphatic heterocycles. The molecule has 288 valence electrons. The van der Waals surface area contributed by atoms with E-state index < -0.39 is 6.04 Å². The number of carbonyl (C=O) groups excluding carboxylic acids is 1. The molecule has 8 aromatic rings. The van der Waals surface area contributed by atoms with Crippen molar-refractivity contribution < 1.29 is 15.0 Å². The Labute approximate surface area is 357 Å². The number of aromatic nitrogens is 4. The normalized spacial score (nSPS) is 10.8. The van der Waals surface area contributed by atoms with Crippen LogP contribution in [-0.4, -0.2) is 36.4 Å². The lowest BCUT2D eigenvalue weighted by Gasteiger charge is -2.23. The van der Waals surface area contributed by atoms with Crippen LogP contribution in [0.4, 0.5) is 11.6 Å². The van der Waals surface area contributed by atoms with E-state index in [1.54, 1.807) is 79.3 Å². The predicted molar refractivity (Wildman–Crippen MR) is 233 cm³/mol. The van der Waals surface area contributed by atoms with E-state index in [9.17, 15) is 15.0 Å². The Morgan fingerprint density at radius 2 is 1.16 bits per heavy atom. The number of nitrogens with two attached hydrogens (primary N) is 1. The number of anilines is 2. The molecule has 4 aromatic carbocycles. The smallest absolute Gasteiger partial charge is 0.151 e. The van der Waals surface area contributed by atoms with Crippen LogP contribution in [0.2, 0.25) is 30.1 Å². The molecule has 5 N–H and O–H groups in total. The van der Waals surface area contributed by atoms with Crippen molar-refractivity contribution in [1.29, 1.82) is 0 Å². The van der Waals surface area contributed by atoms with Gasteiger partial charge in [0, 0.05) is 61.8 Å². The molecule has 4 heterocycles. The zero-order chi connectivity index (χ0) is 40.9. The van der Waals surface area contributed by atoms with Crippen LogP contribution in [0.25, 0.3) is 21.8 Å². The Bertz CT molecular complexity index is 2570. The van der Waals surface area contributed by atoms with E-state index in [1.165, 1.54) is 12.3 Å². The molecular weight excluding hydrogens is 849 g/mol. The number of nitrogens with zero attached hydrogens (tertiary/aromatic N) is 4. The molecule has 9 nitrogen and oxygen atoms in total. The van der Waals surface area contributed by atoms with Crippen molar-refractivity contribution in [1.82, 2.24) is 19.9 Å². The monoisotopic (exact) mass is 876 g/mol. The predicted octanol–water partition coefficient (Wildman–Crippen LogP) is 12.6. The van der Waals surface area contributed by atoms with Crippen LogP contribution >= 0.6 is 69.6 Å². The molecule has 1 unspecified atom stereocenters. The number of hydrogen-bond donors (Lipinski definition) is 4. The molecule has 0 radical (unpaired) electrons. The van der Waals surface area contributed by atoms with Gasteiger partial charge in [-0.2, -0.15) is 0 Å². The first-order valence-corrected chi connectivity index (χ1v) is 18.9. The second kappa shape index (κ2) is 20.7. The Balaban J connectivity index is 0.000000173. The number of phenolic OH excluding ortho intramolecular Hbond substituents is 2. The molecule has 0 spiro atoms. The van der Waals surface area contributed by atoms with Crippen molar-refractivity contribution in [3.05, 3.63) is 187 Å². The van der Waals surface area contributed by atoms with Crippen molar-refractivity contribution in [2.24, 2.45) is 0 Å².